The zero-order valence-electron chi connectivity index (χ0n) is 22.9. The minimum Gasteiger partial charge on any atom is -0.482 e. The van der Waals surface area contributed by atoms with Crippen LogP contribution in [-0.2, 0) is 16.6 Å². The van der Waals surface area contributed by atoms with Crippen LogP contribution in [0.4, 0.5) is 4.79 Å². The predicted octanol–water partition coefficient (Wildman–Crippen LogP) is 3.21. The summed E-state index contributed by atoms with van der Waals surface area (Å²) >= 11 is 0. The van der Waals surface area contributed by atoms with Crippen molar-refractivity contribution in [2.75, 3.05) is 33.2 Å². The van der Waals surface area contributed by atoms with Crippen molar-refractivity contribution in [3.8, 4) is 11.5 Å². The van der Waals surface area contributed by atoms with E-state index in [4.69, 9.17) is 9.47 Å². The number of benzene rings is 1. The lowest BCUT2D eigenvalue weighted by molar-refractivity contribution is -0.129. The molecule has 9 nitrogen and oxygen atoms in total. The summed E-state index contributed by atoms with van der Waals surface area (Å²) in [4.78, 5) is 30.6. The number of carbonyl (C=O) groups excluding carboxylic acids is 2. The number of ether oxygens (including phenoxy) is 2. The van der Waals surface area contributed by atoms with Gasteiger partial charge in [-0.05, 0) is 63.7 Å². The molecule has 40 heavy (non-hydrogen) atoms. The lowest BCUT2D eigenvalue weighted by atomic mass is 9.53. The minimum absolute atomic E-state index is 0. The minimum atomic E-state index is -0.706. The quantitative estimate of drug-likeness (QED) is 0.519. The maximum absolute atomic E-state index is 13.5. The molecule has 0 aromatic heterocycles. The Morgan fingerprint density at radius 1 is 1.05 bits per heavy atom. The monoisotopic (exact) mass is 594 g/mol. The topological polar surface area (TPSA) is 94.6 Å². The first-order valence-electron chi connectivity index (χ1n) is 14.4. The van der Waals surface area contributed by atoms with Crippen LogP contribution < -0.4 is 14.9 Å². The van der Waals surface area contributed by atoms with E-state index in [1.807, 2.05) is 17.2 Å². The summed E-state index contributed by atoms with van der Waals surface area (Å²) in [5.41, 5.74) is 5.08. The molecule has 3 unspecified atom stereocenters. The largest absolute Gasteiger partial charge is 0.482 e. The Morgan fingerprint density at radius 3 is 2.60 bits per heavy atom. The fraction of sp³-hybridized carbons (Fsp3) is 0.655. The van der Waals surface area contributed by atoms with Gasteiger partial charge in [0.25, 0.3) is 5.91 Å². The van der Waals surface area contributed by atoms with Crippen molar-refractivity contribution < 1.29 is 24.2 Å². The van der Waals surface area contributed by atoms with E-state index < -0.39 is 18.2 Å². The van der Waals surface area contributed by atoms with Gasteiger partial charge >= 0.3 is 6.09 Å². The summed E-state index contributed by atoms with van der Waals surface area (Å²) in [6.07, 6.45) is 10.1. The lowest BCUT2D eigenvalue weighted by Gasteiger charge is -2.56. The van der Waals surface area contributed by atoms with Crippen LogP contribution >= 0.6 is 24.8 Å². The van der Waals surface area contributed by atoms with Crippen LogP contribution in [-0.4, -0.2) is 89.4 Å². The number of aliphatic hydroxyl groups is 1. The molecule has 1 spiro atoms. The molecule has 6 atom stereocenters. The standard InChI is InChI=1S/C29H38N4O5.2ClH/c1-31-16-12-29-19-9-10-22(34)26(29)38-25-23(11-8-18(24(25)29)17-21(19)31)37-28(36)33-15-6-7-20(33)27(35)30-32-13-4-2-3-5-14-32;;/h8-11,19-22,26,34H,2-7,12-17H2,1H3,(H,30,35);2*1H/t19?,20?,21?,22-,26-,29-;;/m0../s1. The fourth-order valence-electron chi connectivity index (χ4n) is 8.13. The first-order valence-corrected chi connectivity index (χ1v) is 14.4. The molecule has 6 aliphatic rings. The van der Waals surface area contributed by atoms with Gasteiger partial charge in [0.2, 0.25) is 0 Å². The molecule has 3 fully saturated rings. The van der Waals surface area contributed by atoms with Crippen molar-refractivity contribution in [2.24, 2.45) is 5.92 Å². The SMILES string of the molecule is CN1CC[C@]23c4c5ccc(OC(=O)N6CCCC6C(=O)NN6CCCCCC6)c4O[C@H]2[C@@H](O)C=CC3C1C5.Cl.Cl. The Balaban J connectivity index is 0.00000161. The van der Waals surface area contributed by atoms with Crippen LogP contribution in [0.15, 0.2) is 24.3 Å². The molecule has 11 heteroatoms. The lowest BCUT2D eigenvalue weighted by Crippen LogP contribution is -2.64. The summed E-state index contributed by atoms with van der Waals surface area (Å²) < 4.78 is 12.5. The maximum Gasteiger partial charge on any atom is 0.416 e. The highest BCUT2D eigenvalue weighted by molar-refractivity contribution is 5.86. The Morgan fingerprint density at radius 2 is 1.82 bits per heavy atom. The molecular weight excluding hydrogens is 555 g/mol. The molecule has 4 heterocycles. The van der Waals surface area contributed by atoms with Crippen LogP contribution in [0.2, 0.25) is 0 Å². The second-order valence-corrected chi connectivity index (χ2v) is 12.0. The van der Waals surface area contributed by atoms with Gasteiger partial charge in [-0.15, -0.1) is 24.8 Å². The number of likely N-dealkylation sites (N-methyl/N-ethyl adjacent to an activating group) is 1. The van der Waals surface area contributed by atoms with Crippen molar-refractivity contribution >= 4 is 36.8 Å². The highest BCUT2D eigenvalue weighted by Gasteiger charge is 2.64. The zero-order chi connectivity index (χ0) is 26.0. The number of rotatable bonds is 3. The van der Waals surface area contributed by atoms with Crippen molar-refractivity contribution in [1.29, 1.82) is 0 Å². The normalized spacial score (nSPS) is 34.0. The molecule has 7 rings (SSSR count). The molecule has 2 bridgehead atoms. The number of amides is 2. The number of nitrogens with one attached hydrogen (secondary N) is 1. The number of aliphatic hydroxyl groups excluding tert-OH is 1. The molecule has 2 amide bonds. The molecule has 2 N–H and O–H groups in total. The van der Waals surface area contributed by atoms with E-state index in [9.17, 15) is 14.7 Å². The van der Waals surface area contributed by atoms with Gasteiger partial charge in [0, 0.05) is 42.6 Å². The smallest absolute Gasteiger partial charge is 0.416 e. The Hall–Kier alpha value is -2.04. The highest BCUT2D eigenvalue weighted by atomic mass is 35.5. The van der Waals surface area contributed by atoms with Gasteiger partial charge in [-0.1, -0.05) is 31.1 Å². The van der Waals surface area contributed by atoms with E-state index >= 15 is 0 Å². The summed E-state index contributed by atoms with van der Waals surface area (Å²) in [6.45, 7) is 3.12. The van der Waals surface area contributed by atoms with Gasteiger partial charge in [-0.2, -0.15) is 0 Å². The Bertz CT molecular complexity index is 1180. The number of hydrogen-bond donors (Lipinski definition) is 2. The summed E-state index contributed by atoms with van der Waals surface area (Å²) in [5.74, 6) is 1.10. The van der Waals surface area contributed by atoms with Gasteiger partial charge in [-0.25, -0.2) is 9.80 Å². The fourth-order valence-corrected chi connectivity index (χ4v) is 8.13. The van der Waals surface area contributed by atoms with E-state index in [0.717, 1.165) is 57.3 Å². The van der Waals surface area contributed by atoms with Gasteiger partial charge in [0.05, 0.1) is 0 Å². The second-order valence-electron chi connectivity index (χ2n) is 12.0. The van der Waals surface area contributed by atoms with Crippen LogP contribution in [0.5, 0.6) is 11.5 Å². The van der Waals surface area contributed by atoms with Crippen molar-refractivity contribution in [1.82, 2.24) is 20.2 Å². The summed E-state index contributed by atoms with van der Waals surface area (Å²) in [6, 6.07) is 3.72. The number of likely N-dealkylation sites (tertiary alicyclic amines) is 2. The molecule has 0 radical (unpaired) electrons. The number of halogens is 2. The number of piperidine rings is 1. The van der Waals surface area contributed by atoms with E-state index in [1.165, 1.54) is 18.4 Å². The molecule has 1 aromatic carbocycles. The van der Waals surface area contributed by atoms with Gasteiger partial charge in [0.15, 0.2) is 11.5 Å². The van der Waals surface area contributed by atoms with Crippen LogP contribution in [0, 0.1) is 5.92 Å². The van der Waals surface area contributed by atoms with Crippen molar-refractivity contribution in [3.05, 3.63) is 35.4 Å². The molecular formula is C29H40Cl2N4O5. The third kappa shape index (κ3) is 4.49. The second kappa shape index (κ2) is 11.3. The van der Waals surface area contributed by atoms with Crippen LogP contribution in [0.25, 0.3) is 0 Å². The van der Waals surface area contributed by atoms with Gasteiger partial charge in [-0.3, -0.25) is 15.1 Å². The van der Waals surface area contributed by atoms with E-state index in [2.05, 4.69) is 29.5 Å². The third-order valence-corrected chi connectivity index (χ3v) is 10.00. The number of hydrogen-bond acceptors (Lipinski definition) is 7. The summed E-state index contributed by atoms with van der Waals surface area (Å²) in [5, 5.41) is 13.0. The average Bonchev–Trinajstić information content (AvgIpc) is 3.45. The first kappa shape index (κ1) is 29.5. The van der Waals surface area contributed by atoms with Crippen molar-refractivity contribution in [3.63, 3.8) is 0 Å². The Labute approximate surface area is 248 Å². The van der Waals surface area contributed by atoms with Gasteiger partial charge in [0.1, 0.15) is 18.2 Å². The van der Waals surface area contributed by atoms with E-state index in [-0.39, 0.29) is 48.2 Å². The molecule has 0 saturated carbocycles. The number of hydrazine groups is 1. The predicted molar refractivity (Wildman–Crippen MR) is 154 cm³/mol. The van der Waals surface area contributed by atoms with Crippen LogP contribution in [0.1, 0.15) is 56.1 Å². The first-order chi connectivity index (χ1) is 18.5. The van der Waals surface area contributed by atoms with Crippen LogP contribution in [0.3, 0.4) is 0 Å². The third-order valence-electron chi connectivity index (χ3n) is 10.00. The van der Waals surface area contributed by atoms with Gasteiger partial charge < -0.3 is 19.5 Å². The average molecular weight is 596 g/mol. The van der Waals surface area contributed by atoms with E-state index in [1.54, 1.807) is 4.90 Å². The number of carbonyl (C=O) groups is 2. The molecule has 1 aromatic rings. The molecule has 4 aliphatic heterocycles. The molecule has 2 aliphatic carbocycles. The highest BCUT2D eigenvalue weighted by Crippen LogP contribution is 2.62. The zero-order valence-corrected chi connectivity index (χ0v) is 24.6. The molecule has 220 valence electrons. The summed E-state index contributed by atoms with van der Waals surface area (Å²) in [7, 11) is 2.18. The van der Waals surface area contributed by atoms with E-state index in [0.29, 0.717) is 30.5 Å². The maximum atomic E-state index is 13.5. The molecule has 3 saturated heterocycles. The Kier molecular flexibility index (Phi) is 8.34. The number of nitrogens with zero attached hydrogens (tertiary/aromatic N) is 3. The van der Waals surface area contributed by atoms with Crippen molar-refractivity contribution in [2.45, 2.75) is 81.1 Å².